The zero-order valence-electron chi connectivity index (χ0n) is 11.4. The molecule has 0 aliphatic rings. The Balaban J connectivity index is 1.83. The third-order valence-electron chi connectivity index (χ3n) is 2.87. The van der Waals surface area contributed by atoms with E-state index >= 15 is 0 Å². The van der Waals surface area contributed by atoms with Crippen LogP contribution in [-0.2, 0) is 4.79 Å². The molecule has 1 unspecified atom stereocenters. The molecule has 0 radical (unpaired) electrons. The summed E-state index contributed by atoms with van der Waals surface area (Å²) in [5, 5.41) is 5.96. The van der Waals surface area contributed by atoms with Crippen molar-refractivity contribution in [1.82, 2.24) is 5.32 Å². The van der Waals surface area contributed by atoms with Crippen LogP contribution >= 0.6 is 15.9 Å². The second-order valence-electron chi connectivity index (χ2n) is 4.61. The van der Waals surface area contributed by atoms with Crippen molar-refractivity contribution in [3.63, 3.8) is 0 Å². The zero-order valence-corrected chi connectivity index (χ0v) is 13.0. The third kappa shape index (κ3) is 4.21. The maximum Gasteiger partial charge on any atom is 0.238 e. The van der Waals surface area contributed by atoms with Crippen LogP contribution in [0.5, 0.6) is 0 Å². The number of halogens is 1. The standard InChI is InChI=1S/C15H17BrN2O2/c1-10-6-7-14(20-10)11(2)17-9-15(19)18-13-5-3-4-12(16)8-13/h3-8,11,17H,9H2,1-2H3,(H,18,19). The quantitative estimate of drug-likeness (QED) is 0.876. The van der Waals surface area contributed by atoms with E-state index in [0.29, 0.717) is 0 Å². The summed E-state index contributed by atoms with van der Waals surface area (Å²) in [7, 11) is 0. The fourth-order valence-electron chi connectivity index (χ4n) is 1.80. The maximum absolute atomic E-state index is 11.8. The molecule has 0 aliphatic heterocycles. The van der Waals surface area contributed by atoms with Crippen molar-refractivity contribution in [3.8, 4) is 0 Å². The van der Waals surface area contributed by atoms with Gasteiger partial charge in [-0.1, -0.05) is 22.0 Å². The Bertz CT molecular complexity index is 595. The molecule has 5 heteroatoms. The van der Waals surface area contributed by atoms with Gasteiger partial charge in [0.25, 0.3) is 0 Å². The van der Waals surface area contributed by atoms with Crippen LogP contribution < -0.4 is 10.6 Å². The number of benzene rings is 1. The van der Waals surface area contributed by atoms with E-state index in [1.807, 2.05) is 50.2 Å². The molecule has 2 rings (SSSR count). The fourth-order valence-corrected chi connectivity index (χ4v) is 2.20. The molecule has 2 N–H and O–H groups in total. The molecular formula is C15H17BrN2O2. The Hall–Kier alpha value is -1.59. The van der Waals surface area contributed by atoms with Crippen molar-refractivity contribution in [2.24, 2.45) is 0 Å². The van der Waals surface area contributed by atoms with Gasteiger partial charge >= 0.3 is 0 Å². The lowest BCUT2D eigenvalue weighted by Gasteiger charge is -2.11. The first kappa shape index (κ1) is 14.8. The monoisotopic (exact) mass is 336 g/mol. The largest absolute Gasteiger partial charge is 0.465 e. The second-order valence-corrected chi connectivity index (χ2v) is 5.53. The lowest BCUT2D eigenvalue weighted by molar-refractivity contribution is -0.115. The van der Waals surface area contributed by atoms with Gasteiger partial charge in [0.2, 0.25) is 5.91 Å². The van der Waals surface area contributed by atoms with E-state index in [0.717, 1.165) is 21.7 Å². The lowest BCUT2D eigenvalue weighted by atomic mass is 10.2. The molecule has 106 valence electrons. The molecule has 0 aliphatic carbocycles. The Morgan fingerprint density at radius 2 is 2.15 bits per heavy atom. The number of carbonyl (C=O) groups is 1. The average molecular weight is 337 g/mol. The van der Waals surface area contributed by atoms with E-state index in [2.05, 4.69) is 26.6 Å². The van der Waals surface area contributed by atoms with E-state index < -0.39 is 0 Å². The van der Waals surface area contributed by atoms with Gasteiger partial charge in [-0.2, -0.15) is 0 Å². The molecule has 20 heavy (non-hydrogen) atoms. The van der Waals surface area contributed by atoms with Crippen molar-refractivity contribution in [2.45, 2.75) is 19.9 Å². The number of nitrogens with one attached hydrogen (secondary N) is 2. The first-order valence-electron chi connectivity index (χ1n) is 6.40. The minimum Gasteiger partial charge on any atom is -0.465 e. The molecule has 1 amide bonds. The molecule has 1 heterocycles. The van der Waals surface area contributed by atoms with Gasteiger partial charge in [0.05, 0.1) is 12.6 Å². The Kier molecular flexibility index (Phi) is 4.98. The minimum atomic E-state index is -0.0850. The number of amides is 1. The summed E-state index contributed by atoms with van der Waals surface area (Å²) in [5.74, 6) is 1.61. The smallest absolute Gasteiger partial charge is 0.238 e. The first-order chi connectivity index (χ1) is 9.54. The second kappa shape index (κ2) is 6.72. The van der Waals surface area contributed by atoms with Crippen LogP contribution in [0.1, 0.15) is 24.5 Å². The van der Waals surface area contributed by atoms with E-state index in [-0.39, 0.29) is 18.5 Å². The van der Waals surface area contributed by atoms with Gasteiger partial charge in [0.15, 0.2) is 0 Å². The number of anilines is 1. The van der Waals surface area contributed by atoms with Gasteiger partial charge in [0.1, 0.15) is 11.5 Å². The number of carbonyl (C=O) groups excluding carboxylic acids is 1. The summed E-state index contributed by atoms with van der Waals surface area (Å²) in [4.78, 5) is 11.8. The normalized spacial score (nSPS) is 12.2. The van der Waals surface area contributed by atoms with E-state index in [4.69, 9.17) is 4.42 Å². The van der Waals surface area contributed by atoms with E-state index in [9.17, 15) is 4.79 Å². The predicted molar refractivity (Wildman–Crippen MR) is 82.6 cm³/mol. The predicted octanol–water partition coefficient (Wildman–Crippen LogP) is 3.64. The van der Waals surface area contributed by atoms with Gasteiger partial charge in [-0.15, -0.1) is 0 Å². The van der Waals surface area contributed by atoms with Crippen LogP contribution in [0.15, 0.2) is 45.3 Å². The van der Waals surface area contributed by atoms with Crippen LogP contribution in [-0.4, -0.2) is 12.5 Å². The topological polar surface area (TPSA) is 54.3 Å². The highest BCUT2D eigenvalue weighted by Crippen LogP contribution is 2.16. The number of furan rings is 1. The SMILES string of the molecule is Cc1ccc(C(C)NCC(=O)Nc2cccc(Br)c2)o1. The van der Waals surface area contributed by atoms with Gasteiger partial charge in [-0.25, -0.2) is 0 Å². The number of rotatable bonds is 5. The summed E-state index contributed by atoms with van der Waals surface area (Å²) in [6.45, 7) is 4.09. The summed E-state index contributed by atoms with van der Waals surface area (Å²) >= 11 is 3.37. The van der Waals surface area contributed by atoms with Gasteiger partial charge in [0, 0.05) is 10.2 Å². The molecule has 1 atom stereocenters. The molecule has 0 saturated carbocycles. The first-order valence-corrected chi connectivity index (χ1v) is 7.19. The number of hydrogen-bond acceptors (Lipinski definition) is 3. The van der Waals surface area contributed by atoms with Gasteiger partial charge < -0.3 is 9.73 Å². The van der Waals surface area contributed by atoms with E-state index in [1.54, 1.807) is 0 Å². The molecule has 0 fully saturated rings. The molecule has 0 spiro atoms. The summed E-state index contributed by atoms with van der Waals surface area (Å²) in [5.41, 5.74) is 0.771. The van der Waals surface area contributed by atoms with Crippen LogP contribution in [0.25, 0.3) is 0 Å². The lowest BCUT2D eigenvalue weighted by Crippen LogP contribution is -2.29. The Labute approximate surface area is 126 Å². The molecule has 0 saturated heterocycles. The molecule has 1 aromatic heterocycles. The van der Waals surface area contributed by atoms with Crippen LogP contribution in [0.4, 0.5) is 5.69 Å². The summed E-state index contributed by atoms with van der Waals surface area (Å²) < 4.78 is 6.44. The van der Waals surface area contributed by atoms with Crippen LogP contribution in [0.2, 0.25) is 0 Å². The fraction of sp³-hybridized carbons (Fsp3) is 0.267. The summed E-state index contributed by atoms with van der Waals surface area (Å²) in [6, 6.07) is 11.3. The Morgan fingerprint density at radius 1 is 1.35 bits per heavy atom. The highest BCUT2D eigenvalue weighted by atomic mass is 79.9. The number of hydrogen-bond donors (Lipinski definition) is 2. The number of aryl methyl sites for hydroxylation is 1. The van der Waals surface area contributed by atoms with Crippen LogP contribution in [0, 0.1) is 6.92 Å². The minimum absolute atomic E-state index is 0.00282. The molecule has 2 aromatic rings. The molecular weight excluding hydrogens is 320 g/mol. The molecule has 4 nitrogen and oxygen atoms in total. The third-order valence-corrected chi connectivity index (χ3v) is 3.36. The average Bonchev–Trinajstić information content (AvgIpc) is 2.83. The summed E-state index contributed by atoms with van der Waals surface area (Å²) in [6.07, 6.45) is 0. The zero-order chi connectivity index (χ0) is 14.5. The van der Waals surface area contributed by atoms with Crippen molar-refractivity contribution in [2.75, 3.05) is 11.9 Å². The van der Waals surface area contributed by atoms with Gasteiger partial charge in [-0.3, -0.25) is 10.1 Å². The van der Waals surface area contributed by atoms with E-state index in [1.165, 1.54) is 0 Å². The molecule has 1 aromatic carbocycles. The van der Waals surface area contributed by atoms with Crippen molar-refractivity contribution >= 4 is 27.5 Å². The van der Waals surface area contributed by atoms with Crippen molar-refractivity contribution < 1.29 is 9.21 Å². The highest BCUT2D eigenvalue weighted by molar-refractivity contribution is 9.10. The maximum atomic E-state index is 11.8. The van der Waals surface area contributed by atoms with Crippen LogP contribution in [0.3, 0.4) is 0 Å². The van der Waals surface area contributed by atoms with Gasteiger partial charge in [-0.05, 0) is 44.2 Å². The Morgan fingerprint density at radius 3 is 2.80 bits per heavy atom. The molecule has 0 bridgehead atoms. The van der Waals surface area contributed by atoms with Crippen molar-refractivity contribution in [3.05, 3.63) is 52.4 Å². The highest BCUT2D eigenvalue weighted by Gasteiger charge is 2.11. The van der Waals surface area contributed by atoms with Crippen molar-refractivity contribution in [1.29, 1.82) is 0 Å².